The summed E-state index contributed by atoms with van der Waals surface area (Å²) < 4.78 is 22.3. The van der Waals surface area contributed by atoms with Gasteiger partial charge in [-0.15, -0.1) is 0 Å². The van der Waals surface area contributed by atoms with Gasteiger partial charge < -0.3 is 49.3 Å². The second kappa shape index (κ2) is 23.8. The van der Waals surface area contributed by atoms with Crippen LogP contribution in [-0.4, -0.2) is 107 Å². The van der Waals surface area contributed by atoms with Gasteiger partial charge in [-0.3, -0.25) is 9.59 Å². The van der Waals surface area contributed by atoms with Crippen LogP contribution in [0.4, 0.5) is 4.79 Å². The number of aliphatic hydroxyl groups is 3. The fourth-order valence-electron chi connectivity index (χ4n) is 3.06. The zero-order valence-electron chi connectivity index (χ0n) is 25.5. The first-order chi connectivity index (χ1) is 19.0. The van der Waals surface area contributed by atoms with Gasteiger partial charge in [0.05, 0.1) is 26.4 Å². The normalized spacial score (nSPS) is 12.9. The molecule has 14 heteroatoms. The third-order valence-corrected chi connectivity index (χ3v) is 9.22. The van der Waals surface area contributed by atoms with Gasteiger partial charge >= 0.3 is 14.9 Å². The summed E-state index contributed by atoms with van der Waals surface area (Å²) in [6.07, 6.45) is 1.62. The number of aliphatic hydroxyl groups excluding tert-OH is 3. The fraction of sp³-hybridized carbons (Fsp3) is 0.885. The zero-order valence-corrected chi connectivity index (χ0v) is 26.5. The van der Waals surface area contributed by atoms with Crippen LogP contribution in [0.5, 0.6) is 0 Å². The molecule has 0 radical (unpaired) electrons. The number of nitrogens with one attached hydrogen (secondary N) is 3. The average molecular weight is 598 g/mol. The summed E-state index contributed by atoms with van der Waals surface area (Å²) in [5, 5.41) is 34.7. The first kappa shape index (κ1) is 40.3. The number of carbonyl (C=O) groups is 3. The Morgan fingerprint density at radius 3 is 1.65 bits per heavy atom. The van der Waals surface area contributed by atoms with Crippen molar-refractivity contribution < 1.29 is 47.7 Å². The minimum Gasteiger partial charge on any atom is -0.448 e. The summed E-state index contributed by atoms with van der Waals surface area (Å²) >= 11 is 0. The Labute approximate surface area is 241 Å². The van der Waals surface area contributed by atoms with E-state index in [0.29, 0.717) is 51.8 Å². The Kier molecular flexibility index (Phi) is 24.0. The number of alkyl carbamates (subject to hydrolysis) is 1. The Hall–Kier alpha value is -1.81. The van der Waals surface area contributed by atoms with Crippen molar-refractivity contribution in [2.24, 2.45) is 11.8 Å². The van der Waals surface area contributed by atoms with Crippen molar-refractivity contribution in [1.29, 1.82) is 0 Å². The van der Waals surface area contributed by atoms with Crippen molar-refractivity contribution in [3.05, 3.63) is 0 Å². The molecule has 2 atom stereocenters. The first-order valence-corrected chi connectivity index (χ1v) is 16.2. The van der Waals surface area contributed by atoms with Crippen LogP contribution in [0.3, 0.4) is 0 Å². The summed E-state index contributed by atoms with van der Waals surface area (Å²) in [4.78, 5) is 34.7. The van der Waals surface area contributed by atoms with Crippen molar-refractivity contribution in [3.63, 3.8) is 0 Å². The molecule has 13 nitrogen and oxygen atoms in total. The minimum atomic E-state index is -2.67. The Balaban J connectivity index is 0. The van der Waals surface area contributed by atoms with Gasteiger partial charge in [-0.1, -0.05) is 27.7 Å². The van der Waals surface area contributed by atoms with Gasteiger partial charge in [-0.2, -0.15) is 0 Å². The van der Waals surface area contributed by atoms with Gasteiger partial charge in [0, 0.05) is 44.2 Å². The molecule has 0 aliphatic heterocycles. The van der Waals surface area contributed by atoms with Gasteiger partial charge in [0.2, 0.25) is 11.8 Å². The van der Waals surface area contributed by atoms with Crippen LogP contribution in [0.25, 0.3) is 0 Å². The van der Waals surface area contributed by atoms with E-state index in [1.807, 2.05) is 41.5 Å². The lowest BCUT2D eigenvalue weighted by molar-refractivity contribution is -0.129. The predicted molar refractivity (Wildman–Crippen MR) is 153 cm³/mol. The van der Waals surface area contributed by atoms with E-state index >= 15 is 0 Å². The molecule has 238 valence electrons. The lowest BCUT2D eigenvalue weighted by Crippen LogP contribution is -2.58. The van der Waals surface area contributed by atoms with E-state index in [9.17, 15) is 14.4 Å². The topological polar surface area (TPSA) is 185 Å². The first-order valence-electron chi connectivity index (χ1n) is 14.2. The van der Waals surface area contributed by atoms with Gasteiger partial charge in [0.1, 0.15) is 12.1 Å². The number of carbonyl (C=O) groups excluding carboxylic acids is 3. The molecule has 0 rings (SSSR count). The Morgan fingerprint density at radius 2 is 1.23 bits per heavy atom. The summed E-state index contributed by atoms with van der Waals surface area (Å²) in [7, 11) is -2.67. The summed E-state index contributed by atoms with van der Waals surface area (Å²) in [6, 6.07) is 0.633. The van der Waals surface area contributed by atoms with Gasteiger partial charge in [0.25, 0.3) is 0 Å². The van der Waals surface area contributed by atoms with E-state index in [0.717, 1.165) is 6.42 Å². The van der Waals surface area contributed by atoms with Crippen LogP contribution in [-0.2, 0) is 27.6 Å². The fourth-order valence-corrected chi connectivity index (χ4v) is 5.68. The quantitative estimate of drug-likeness (QED) is 0.0829. The minimum absolute atomic E-state index is 0.0272. The summed E-state index contributed by atoms with van der Waals surface area (Å²) in [5.41, 5.74) is -1.31. The highest BCUT2D eigenvalue weighted by Gasteiger charge is 2.39. The molecule has 0 spiro atoms. The van der Waals surface area contributed by atoms with Crippen LogP contribution in [0, 0.1) is 11.8 Å². The zero-order chi connectivity index (χ0) is 31.0. The number of hydrogen-bond acceptors (Lipinski definition) is 10. The van der Waals surface area contributed by atoms with Gasteiger partial charge in [-0.25, -0.2) is 4.79 Å². The standard InChI is InChI=1S/C17H36N2O6Si.C9H19NO4/c1-6-15(5)16(20)18-12-13-22-17(21)19-11-10-14-26(23-7-2,24-8-3)25-9-4;1-3-7(2)8(14)10-9(4-11,5-12)6-13/h15H,6-14H2,1-5H3,(H,18,20)(H,19,21);7,11-13H,3-6H2,1-2H3,(H,10,14). The lowest BCUT2D eigenvalue weighted by Gasteiger charge is -2.29. The van der Waals surface area contributed by atoms with E-state index in [1.54, 1.807) is 6.92 Å². The third-order valence-electron chi connectivity index (χ3n) is 6.07. The molecule has 0 fully saturated rings. The summed E-state index contributed by atoms with van der Waals surface area (Å²) in [6.45, 7) is 14.2. The van der Waals surface area contributed by atoms with E-state index in [2.05, 4.69) is 16.0 Å². The molecule has 0 aliphatic carbocycles. The van der Waals surface area contributed by atoms with Crippen LogP contribution in [0.15, 0.2) is 0 Å². The van der Waals surface area contributed by atoms with Crippen molar-refractivity contribution >= 4 is 26.7 Å². The highest BCUT2D eigenvalue weighted by Crippen LogP contribution is 2.17. The maximum atomic E-state index is 11.7. The van der Waals surface area contributed by atoms with E-state index in [4.69, 9.17) is 33.3 Å². The smallest absolute Gasteiger partial charge is 0.448 e. The maximum absolute atomic E-state index is 11.7. The number of hydrogen-bond donors (Lipinski definition) is 6. The Bertz CT molecular complexity index is 658. The second-order valence-corrected chi connectivity index (χ2v) is 12.0. The molecule has 0 aliphatic rings. The largest absolute Gasteiger partial charge is 0.500 e. The molecule has 0 bridgehead atoms. The number of amides is 3. The molecular weight excluding hydrogens is 542 g/mol. The molecule has 0 heterocycles. The molecule has 6 N–H and O–H groups in total. The number of rotatable bonds is 21. The van der Waals surface area contributed by atoms with Crippen LogP contribution < -0.4 is 16.0 Å². The highest BCUT2D eigenvalue weighted by molar-refractivity contribution is 6.60. The summed E-state index contributed by atoms with van der Waals surface area (Å²) in [5.74, 6) is -0.529. The van der Waals surface area contributed by atoms with E-state index < -0.39 is 40.3 Å². The van der Waals surface area contributed by atoms with Gasteiger partial charge in [0.15, 0.2) is 0 Å². The third kappa shape index (κ3) is 17.1. The van der Waals surface area contributed by atoms with Gasteiger partial charge in [-0.05, 0) is 40.0 Å². The molecule has 0 saturated carbocycles. The van der Waals surface area contributed by atoms with Crippen LogP contribution >= 0.6 is 0 Å². The van der Waals surface area contributed by atoms with E-state index in [1.165, 1.54) is 0 Å². The lowest BCUT2D eigenvalue weighted by atomic mass is 10.0. The number of ether oxygens (including phenoxy) is 1. The molecule has 2 unspecified atom stereocenters. The second-order valence-electron chi connectivity index (χ2n) is 9.30. The van der Waals surface area contributed by atoms with E-state index in [-0.39, 0.29) is 30.3 Å². The molecule has 0 aromatic rings. The monoisotopic (exact) mass is 597 g/mol. The molecule has 40 heavy (non-hydrogen) atoms. The highest BCUT2D eigenvalue weighted by atomic mass is 28.4. The average Bonchev–Trinajstić information content (AvgIpc) is 2.96. The van der Waals surface area contributed by atoms with Crippen molar-refractivity contribution in [2.45, 2.75) is 79.3 Å². The maximum Gasteiger partial charge on any atom is 0.500 e. The Morgan fingerprint density at radius 1 is 0.750 bits per heavy atom. The van der Waals surface area contributed by atoms with Crippen LogP contribution in [0.1, 0.15) is 67.7 Å². The molecular formula is C26H55N3O10Si. The van der Waals surface area contributed by atoms with Crippen LogP contribution in [0.2, 0.25) is 6.04 Å². The van der Waals surface area contributed by atoms with Crippen molar-refractivity contribution in [2.75, 3.05) is 59.3 Å². The van der Waals surface area contributed by atoms with Crippen molar-refractivity contribution in [1.82, 2.24) is 16.0 Å². The SMILES string of the molecule is CCC(C)C(=O)NC(CO)(CO)CO.CCO[Si](CCCNC(=O)OCCNC(=O)C(C)CC)(OCC)OCC. The predicted octanol–water partition coefficient (Wildman–Crippen LogP) is 1.18. The molecule has 0 aromatic heterocycles. The van der Waals surface area contributed by atoms with Crippen molar-refractivity contribution in [3.8, 4) is 0 Å². The molecule has 3 amide bonds. The molecule has 0 aromatic carbocycles. The molecule has 0 saturated heterocycles.